The Hall–Kier alpha value is -0.250. The van der Waals surface area contributed by atoms with E-state index < -0.39 is 15.4 Å². The molecule has 6 heteroatoms. The van der Waals surface area contributed by atoms with Gasteiger partial charge in [0.05, 0.1) is 11.8 Å². The second-order valence-corrected chi connectivity index (χ2v) is 7.88. The molecule has 0 radical (unpaired) electrons. The molecule has 0 aliphatic rings. The molecule has 0 aromatic carbocycles. The molecule has 0 aromatic rings. The number of nitrogens with one attached hydrogen (secondary N) is 1. The van der Waals surface area contributed by atoms with E-state index in [9.17, 15) is 8.42 Å². The monoisotopic (exact) mass is 278 g/mol. The normalized spacial score (nSPS) is 15.2. The van der Waals surface area contributed by atoms with Crippen molar-refractivity contribution in [1.82, 2.24) is 5.32 Å². The van der Waals surface area contributed by atoms with E-state index in [1.807, 2.05) is 6.92 Å². The van der Waals surface area contributed by atoms with Gasteiger partial charge in [-0.05, 0) is 39.0 Å². The summed E-state index contributed by atoms with van der Waals surface area (Å²) >= 11 is 1.66. The minimum absolute atomic E-state index is 0.254. The topological polar surface area (TPSA) is 70.0 Å². The summed E-state index contributed by atoms with van der Waals surface area (Å²) in [5.41, 5.74) is -0.433. The van der Waals surface area contributed by atoms with Gasteiger partial charge in [-0.1, -0.05) is 0 Å². The fraction of sp³-hybridized carbons (Fsp3) is 0.909. The maximum Gasteiger partial charge on any atom is 0.148 e. The van der Waals surface area contributed by atoms with E-state index >= 15 is 0 Å². The molecule has 0 bridgehead atoms. The molecular weight excluding hydrogens is 256 g/mol. The zero-order valence-corrected chi connectivity index (χ0v) is 12.5. The van der Waals surface area contributed by atoms with Crippen LogP contribution in [-0.4, -0.2) is 44.5 Å². The SMILES string of the molecule is CNC(C)(C#N)CCCCSCCS(C)(=O)=O. The summed E-state index contributed by atoms with van der Waals surface area (Å²) in [4.78, 5) is 0. The predicted octanol–water partition coefficient (Wildman–Crippen LogP) is 1.44. The van der Waals surface area contributed by atoms with Crippen molar-refractivity contribution in [3.63, 3.8) is 0 Å². The lowest BCUT2D eigenvalue weighted by Gasteiger charge is -2.20. The van der Waals surface area contributed by atoms with Crippen molar-refractivity contribution in [2.75, 3.05) is 30.6 Å². The van der Waals surface area contributed by atoms with Gasteiger partial charge in [0, 0.05) is 12.0 Å². The zero-order chi connectivity index (χ0) is 13.4. The Balaban J connectivity index is 3.51. The van der Waals surface area contributed by atoms with E-state index in [2.05, 4.69) is 11.4 Å². The summed E-state index contributed by atoms with van der Waals surface area (Å²) in [5.74, 6) is 1.88. The van der Waals surface area contributed by atoms with Crippen molar-refractivity contribution < 1.29 is 8.42 Å². The number of hydrogen-bond donors (Lipinski definition) is 1. The average molecular weight is 278 g/mol. The van der Waals surface area contributed by atoms with E-state index in [1.165, 1.54) is 6.26 Å². The minimum atomic E-state index is -2.82. The van der Waals surface area contributed by atoms with Crippen LogP contribution in [0.3, 0.4) is 0 Å². The molecule has 0 spiro atoms. The van der Waals surface area contributed by atoms with Gasteiger partial charge in [-0.15, -0.1) is 0 Å². The van der Waals surface area contributed by atoms with Gasteiger partial charge in [-0.25, -0.2) is 8.42 Å². The van der Waals surface area contributed by atoms with Crippen LogP contribution in [0.2, 0.25) is 0 Å². The Morgan fingerprint density at radius 3 is 2.47 bits per heavy atom. The molecule has 1 N–H and O–H groups in total. The molecule has 1 unspecified atom stereocenters. The summed E-state index contributed by atoms with van der Waals surface area (Å²) < 4.78 is 21.7. The van der Waals surface area contributed by atoms with Gasteiger partial charge >= 0.3 is 0 Å². The molecule has 100 valence electrons. The summed E-state index contributed by atoms with van der Waals surface area (Å²) in [6, 6.07) is 2.25. The highest BCUT2D eigenvalue weighted by Gasteiger charge is 2.19. The Bertz CT molecular complexity index is 349. The lowest BCUT2D eigenvalue weighted by molar-refractivity contribution is 0.439. The number of rotatable bonds is 9. The molecule has 0 aliphatic heterocycles. The van der Waals surface area contributed by atoms with Crippen molar-refractivity contribution >= 4 is 21.6 Å². The predicted molar refractivity (Wildman–Crippen MR) is 74.0 cm³/mol. The van der Waals surface area contributed by atoms with Gasteiger partial charge in [0.2, 0.25) is 0 Å². The third kappa shape index (κ3) is 9.45. The van der Waals surface area contributed by atoms with Gasteiger partial charge in [0.15, 0.2) is 0 Å². The molecule has 0 saturated carbocycles. The van der Waals surface area contributed by atoms with E-state index in [1.54, 1.807) is 18.8 Å². The van der Waals surface area contributed by atoms with Crippen molar-refractivity contribution in [3.05, 3.63) is 0 Å². The van der Waals surface area contributed by atoms with Crippen LogP contribution in [-0.2, 0) is 9.84 Å². The van der Waals surface area contributed by atoms with Crippen LogP contribution in [0.25, 0.3) is 0 Å². The lowest BCUT2D eigenvalue weighted by atomic mass is 9.97. The molecule has 0 rings (SSSR count). The van der Waals surface area contributed by atoms with Gasteiger partial charge in [0.25, 0.3) is 0 Å². The highest BCUT2D eigenvalue weighted by molar-refractivity contribution is 8.00. The quantitative estimate of drug-likeness (QED) is 0.646. The van der Waals surface area contributed by atoms with Crippen LogP contribution >= 0.6 is 11.8 Å². The van der Waals surface area contributed by atoms with Gasteiger partial charge in [0.1, 0.15) is 15.4 Å². The largest absolute Gasteiger partial charge is 0.303 e. The van der Waals surface area contributed by atoms with Crippen molar-refractivity contribution in [3.8, 4) is 6.07 Å². The molecule has 4 nitrogen and oxygen atoms in total. The van der Waals surface area contributed by atoms with Crippen molar-refractivity contribution in [2.24, 2.45) is 0 Å². The Morgan fingerprint density at radius 2 is 2.00 bits per heavy atom. The number of nitriles is 1. The van der Waals surface area contributed by atoms with Crippen LogP contribution in [0.15, 0.2) is 0 Å². The molecular formula is C11H22N2O2S2. The van der Waals surface area contributed by atoms with Crippen LogP contribution < -0.4 is 5.32 Å². The van der Waals surface area contributed by atoms with E-state index in [0.29, 0.717) is 5.75 Å². The van der Waals surface area contributed by atoms with E-state index in [-0.39, 0.29) is 5.75 Å². The maximum atomic E-state index is 10.9. The van der Waals surface area contributed by atoms with Crippen LogP contribution in [0.1, 0.15) is 26.2 Å². The van der Waals surface area contributed by atoms with E-state index in [4.69, 9.17) is 5.26 Å². The standard InChI is InChI=1S/C11H22N2O2S2/c1-11(10-12,13-2)6-4-5-7-16-8-9-17(3,14)15/h13H,4-9H2,1-3H3. The number of hydrogen-bond acceptors (Lipinski definition) is 5. The minimum Gasteiger partial charge on any atom is -0.303 e. The fourth-order valence-electron chi connectivity index (χ4n) is 1.23. The number of unbranched alkanes of at least 4 members (excludes halogenated alkanes) is 1. The van der Waals surface area contributed by atoms with Gasteiger partial charge in [-0.3, -0.25) is 0 Å². The third-order valence-electron chi connectivity index (χ3n) is 2.61. The smallest absolute Gasteiger partial charge is 0.148 e. The number of nitrogens with zero attached hydrogens (tertiary/aromatic N) is 1. The first-order valence-electron chi connectivity index (χ1n) is 5.68. The first-order valence-corrected chi connectivity index (χ1v) is 8.90. The molecule has 0 saturated heterocycles. The molecule has 0 amide bonds. The highest BCUT2D eigenvalue weighted by Crippen LogP contribution is 2.14. The third-order valence-corrected chi connectivity index (χ3v) is 4.89. The average Bonchev–Trinajstić information content (AvgIpc) is 2.26. The Labute approximate surface area is 109 Å². The fourth-order valence-corrected chi connectivity index (χ4v) is 3.53. The Morgan fingerprint density at radius 1 is 1.35 bits per heavy atom. The number of sulfone groups is 1. The summed E-state index contributed by atoms with van der Waals surface area (Å²) in [6.45, 7) is 1.89. The second kappa shape index (κ2) is 7.96. The molecule has 0 aliphatic carbocycles. The van der Waals surface area contributed by atoms with Gasteiger partial charge < -0.3 is 5.32 Å². The molecule has 0 aromatic heterocycles. The van der Waals surface area contributed by atoms with Crippen LogP contribution in [0.5, 0.6) is 0 Å². The zero-order valence-electron chi connectivity index (χ0n) is 10.8. The van der Waals surface area contributed by atoms with Gasteiger partial charge in [-0.2, -0.15) is 17.0 Å². The second-order valence-electron chi connectivity index (χ2n) is 4.39. The molecule has 0 heterocycles. The summed E-state index contributed by atoms with van der Waals surface area (Å²) in [6.07, 6.45) is 4.09. The first kappa shape index (κ1) is 16.8. The molecule has 17 heavy (non-hydrogen) atoms. The first-order chi connectivity index (χ1) is 7.83. The van der Waals surface area contributed by atoms with Crippen molar-refractivity contribution in [1.29, 1.82) is 5.26 Å². The van der Waals surface area contributed by atoms with E-state index in [0.717, 1.165) is 25.0 Å². The molecule has 0 fully saturated rings. The summed E-state index contributed by atoms with van der Waals surface area (Å²) in [5, 5.41) is 11.9. The molecule has 1 atom stereocenters. The van der Waals surface area contributed by atoms with Crippen LogP contribution in [0, 0.1) is 11.3 Å². The highest BCUT2D eigenvalue weighted by atomic mass is 32.2. The number of thioether (sulfide) groups is 1. The lowest BCUT2D eigenvalue weighted by Crippen LogP contribution is -2.37. The van der Waals surface area contributed by atoms with Crippen LogP contribution in [0.4, 0.5) is 0 Å². The Kier molecular flexibility index (Phi) is 7.84. The maximum absolute atomic E-state index is 10.9. The van der Waals surface area contributed by atoms with Crippen molar-refractivity contribution in [2.45, 2.75) is 31.7 Å². The summed E-state index contributed by atoms with van der Waals surface area (Å²) in [7, 11) is -1.03.